The topological polar surface area (TPSA) is 25.8 Å². The standard InChI is InChI=1S/C12H7ClN2/c13-8-5-6-11-12(7-8)15-10-4-2-1-3-9(10)14-11/h1-7H. The Bertz CT molecular complexity index is 649. The molecule has 1 heterocycles. The van der Waals surface area contributed by atoms with Gasteiger partial charge in [-0.15, -0.1) is 0 Å². The van der Waals surface area contributed by atoms with Crippen LogP contribution in [0, 0.1) is 0 Å². The molecule has 0 aliphatic heterocycles. The Labute approximate surface area is 91.5 Å². The maximum Gasteiger partial charge on any atom is 0.0909 e. The fraction of sp³-hybridized carbons (Fsp3) is 0. The summed E-state index contributed by atoms with van der Waals surface area (Å²) in [6, 6.07) is 13.4. The highest BCUT2D eigenvalue weighted by molar-refractivity contribution is 6.31. The molecule has 0 N–H and O–H groups in total. The average molecular weight is 215 g/mol. The SMILES string of the molecule is Clc1ccc2nc3ccccc3nc2c1. The van der Waals surface area contributed by atoms with Crippen molar-refractivity contribution in [3.63, 3.8) is 0 Å². The first-order valence-electron chi connectivity index (χ1n) is 4.65. The van der Waals surface area contributed by atoms with Crippen molar-refractivity contribution in [1.82, 2.24) is 9.97 Å². The van der Waals surface area contributed by atoms with E-state index in [-0.39, 0.29) is 0 Å². The summed E-state index contributed by atoms with van der Waals surface area (Å²) in [5.41, 5.74) is 3.51. The molecule has 72 valence electrons. The zero-order chi connectivity index (χ0) is 10.3. The molecule has 2 aromatic carbocycles. The van der Waals surface area contributed by atoms with Gasteiger partial charge in [0.05, 0.1) is 22.1 Å². The lowest BCUT2D eigenvalue weighted by Gasteiger charge is -2.00. The van der Waals surface area contributed by atoms with Crippen LogP contribution >= 0.6 is 11.6 Å². The third-order valence-electron chi connectivity index (χ3n) is 2.30. The smallest absolute Gasteiger partial charge is 0.0909 e. The maximum atomic E-state index is 5.90. The minimum Gasteiger partial charge on any atom is -0.245 e. The monoisotopic (exact) mass is 214 g/mol. The van der Waals surface area contributed by atoms with Gasteiger partial charge in [0.25, 0.3) is 0 Å². The van der Waals surface area contributed by atoms with E-state index in [2.05, 4.69) is 9.97 Å². The Kier molecular flexibility index (Phi) is 1.82. The summed E-state index contributed by atoms with van der Waals surface area (Å²) in [5, 5.41) is 0.687. The number of hydrogen-bond donors (Lipinski definition) is 0. The lowest BCUT2D eigenvalue weighted by molar-refractivity contribution is 1.39. The zero-order valence-electron chi connectivity index (χ0n) is 7.81. The summed E-state index contributed by atoms with van der Waals surface area (Å²) in [7, 11) is 0. The van der Waals surface area contributed by atoms with E-state index >= 15 is 0 Å². The van der Waals surface area contributed by atoms with Crippen LogP contribution in [0.3, 0.4) is 0 Å². The molecule has 0 aliphatic rings. The molecule has 15 heavy (non-hydrogen) atoms. The average Bonchev–Trinajstić information content (AvgIpc) is 2.26. The van der Waals surface area contributed by atoms with Crippen molar-refractivity contribution in [1.29, 1.82) is 0 Å². The first-order valence-corrected chi connectivity index (χ1v) is 5.03. The van der Waals surface area contributed by atoms with E-state index in [0.717, 1.165) is 22.1 Å². The molecule has 0 atom stereocenters. The van der Waals surface area contributed by atoms with Crippen LogP contribution in [0.2, 0.25) is 5.02 Å². The highest BCUT2D eigenvalue weighted by Crippen LogP contribution is 2.19. The molecule has 0 fully saturated rings. The lowest BCUT2D eigenvalue weighted by atomic mass is 10.2. The van der Waals surface area contributed by atoms with Gasteiger partial charge in [0.1, 0.15) is 0 Å². The molecule has 3 heteroatoms. The Morgan fingerprint density at radius 3 is 2.07 bits per heavy atom. The summed E-state index contributed by atoms with van der Waals surface area (Å²) in [4.78, 5) is 8.99. The maximum absolute atomic E-state index is 5.90. The number of nitrogens with zero attached hydrogens (tertiary/aromatic N) is 2. The van der Waals surface area contributed by atoms with Crippen LogP contribution in [0.25, 0.3) is 22.1 Å². The predicted molar refractivity (Wildman–Crippen MR) is 62.1 cm³/mol. The Balaban J connectivity index is 2.47. The minimum atomic E-state index is 0.687. The first-order chi connectivity index (χ1) is 7.33. The second-order valence-corrected chi connectivity index (χ2v) is 3.78. The number of rotatable bonds is 0. The highest BCUT2D eigenvalue weighted by Gasteiger charge is 2.00. The zero-order valence-corrected chi connectivity index (χ0v) is 8.57. The highest BCUT2D eigenvalue weighted by atomic mass is 35.5. The molecule has 0 saturated heterocycles. The number of benzene rings is 2. The molecule has 0 aliphatic carbocycles. The molecule has 0 radical (unpaired) electrons. The van der Waals surface area contributed by atoms with E-state index in [1.807, 2.05) is 42.5 Å². The van der Waals surface area contributed by atoms with E-state index in [9.17, 15) is 0 Å². The number of fused-ring (bicyclic) bond motifs is 2. The van der Waals surface area contributed by atoms with Crippen LogP contribution in [0.5, 0.6) is 0 Å². The molecule has 3 aromatic rings. The third kappa shape index (κ3) is 1.43. The number of hydrogen-bond acceptors (Lipinski definition) is 2. The van der Waals surface area contributed by atoms with Crippen LogP contribution in [0.15, 0.2) is 42.5 Å². The van der Waals surface area contributed by atoms with Gasteiger partial charge in [0.15, 0.2) is 0 Å². The van der Waals surface area contributed by atoms with Crippen LogP contribution in [0.1, 0.15) is 0 Å². The van der Waals surface area contributed by atoms with Crippen molar-refractivity contribution in [2.45, 2.75) is 0 Å². The van der Waals surface area contributed by atoms with Crippen molar-refractivity contribution in [2.75, 3.05) is 0 Å². The molecule has 1 aromatic heterocycles. The quantitative estimate of drug-likeness (QED) is 0.536. The van der Waals surface area contributed by atoms with Gasteiger partial charge in [-0.1, -0.05) is 23.7 Å². The van der Waals surface area contributed by atoms with E-state index in [0.29, 0.717) is 5.02 Å². The summed E-state index contributed by atoms with van der Waals surface area (Å²) in [6.07, 6.45) is 0. The Hall–Kier alpha value is -1.67. The predicted octanol–water partition coefficient (Wildman–Crippen LogP) is 3.44. The number of para-hydroxylation sites is 2. The van der Waals surface area contributed by atoms with Crippen molar-refractivity contribution >= 4 is 33.7 Å². The van der Waals surface area contributed by atoms with Gasteiger partial charge in [-0.25, -0.2) is 9.97 Å². The van der Waals surface area contributed by atoms with Crippen molar-refractivity contribution in [2.24, 2.45) is 0 Å². The number of halogens is 1. The molecule has 0 spiro atoms. The first kappa shape index (κ1) is 8.62. The van der Waals surface area contributed by atoms with Gasteiger partial charge in [0.2, 0.25) is 0 Å². The summed E-state index contributed by atoms with van der Waals surface area (Å²) in [5.74, 6) is 0. The van der Waals surface area contributed by atoms with Gasteiger partial charge in [-0.3, -0.25) is 0 Å². The van der Waals surface area contributed by atoms with Crippen molar-refractivity contribution in [3.8, 4) is 0 Å². The second-order valence-electron chi connectivity index (χ2n) is 3.35. The van der Waals surface area contributed by atoms with Gasteiger partial charge < -0.3 is 0 Å². The van der Waals surface area contributed by atoms with Crippen LogP contribution in [-0.4, -0.2) is 9.97 Å². The molecule has 0 bridgehead atoms. The summed E-state index contributed by atoms with van der Waals surface area (Å²) >= 11 is 5.90. The van der Waals surface area contributed by atoms with Crippen LogP contribution < -0.4 is 0 Å². The molecule has 0 unspecified atom stereocenters. The van der Waals surface area contributed by atoms with E-state index < -0.39 is 0 Å². The van der Waals surface area contributed by atoms with E-state index in [1.54, 1.807) is 0 Å². The van der Waals surface area contributed by atoms with Gasteiger partial charge in [0, 0.05) is 5.02 Å². The molecule has 2 nitrogen and oxygen atoms in total. The second kappa shape index (κ2) is 3.17. The third-order valence-corrected chi connectivity index (χ3v) is 2.54. The van der Waals surface area contributed by atoms with E-state index in [4.69, 9.17) is 11.6 Å². The normalized spacial score (nSPS) is 11.0. The van der Waals surface area contributed by atoms with Crippen LogP contribution in [-0.2, 0) is 0 Å². The fourth-order valence-corrected chi connectivity index (χ4v) is 1.76. The largest absolute Gasteiger partial charge is 0.245 e. The van der Waals surface area contributed by atoms with Crippen molar-refractivity contribution < 1.29 is 0 Å². The summed E-state index contributed by atoms with van der Waals surface area (Å²) < 4.78 is 0. The molecular formula is C12H7ClN2. The van der Waals surface area contributed by atoms with Crippen molar-refractivity contribution in [3.05, 3.63) is 47.5 Å². The van der Waals surface area contributed by atoms with Gasteiger partial charge in [-0.05, 0) is 30.3 Å². The molecular weight excluding hydrogens is 208 g/mol. The molecule has 3 rings (SSSR count). The fourth-order valence-electron chi connectivity index (χ4n) is 1.59. The van der Waals surface area contributed by atoms with E-state index in [1.165, 1.54) is 0 Å². The van der Waals surface area contributed by atoms with Gasteiger partial charge in [-0.2, -0.15) is 0 Å². The van der Waals surface area contributed by atoms with Gasteiger partial charge >= 0.3 is 0 Å². The number of aromatic nitrogens is 2. The molecule has 0 amide bonds. The minimum absolute atomic E-state index is 0.687. The lowest BCUT2D eigenvalue weighted by Crippen LogP contribution is -1.86. The molecule has 0 saturated carbocycles. The van der Waals surface area contributed by atoms with Crippen LogP contribution in [0.4, 0.5) is 0 Å². The Morgan fingerprint density at radius 1 is 0.733 bits per heavy atom. The Morgan fingerprint density at radius 2 is 1.33 bits per heavy atom. The summed E-state index contributed by atoms with van der Waals surface area (Å²) in [6.45, 7) is 0.